The van der Waals surface area contributed by atoms with Crippen LogP contribution in [-0.4, -0.2) is 32.3 Å². The first kappa shape index (κ1) is 17.6. The predicted molar refractivity (Wildman–Crippen MR) is 98.8 cm³/mol. The second-order valence-corrected chi connectivity index (χ2v) is 6.63. The number of carbonyl (C=O) groups excluding carboxylic acids is 1. The summed E-state index contributed by atoms with van der Waals surface area (Å²) in [4.78, 5) is 13.2. The molecule has 118 valence electrons. The van der Waals surface area contributed by atoms with Gasteiger partial charge in [-0.05, 0) is 42.2 Å². The van der Waals surface area contributed by atoms with E-state index in [4.69, 9.17) is 18.0 Å². The standard InChI is InChI=1S/C16H17BN2O2S2/c1-21-13-5-4-11(17)9-10(13)3-6-14-12(7-8-23-14)15(20)19-16(18)22-2/h4-5,7-9H,3,6H2,1-2H3,(H2,18,19,20). The Hall–Kier alpha value is -1.73. The van der Waals surface area contributed by atoms with E-state index in [1.165, 1.54) is 23.1 Å². The van der Waals surface area contributed by atoms with E-state index in [0.717, 1.165) is 22.6 Å². The number of amides is 1. The Bertz CT molecular complexity index is 716. The number of thioether (sulfide) groups is 1. The number of thiophene rings is 1. The number of amidine groups is 1. The minimum Gasteiger partial charge on any atom is -0.496 e. The van der Waals surface area contributed by atoms with Gasteiger partial charge in [-0.3, -0.25) is 10.2 Å². The SMILES string of the molecule is [B]c1ccc(OC)c(CCc2sccc2C(=O)NC(=N)SC)c1. The van der Waals surface area contributed by atoms with E-state index in [-0.39, 0.29) is 11.1 Å². The van der Waals surface area contributed by atoms with Gasteiger partial charge in [-0.2, -0.15) is 0 Å². The van der Waals surface area contributed by atoms with Crippen molar-refractivity contribution in [3.8, 4) is 5.75 Å². The number of hydrogen-bond acceptors (Lipinski definition) is 5. The van der Waals surface area contributed by atoms with Crippen molar-refractivity contribution in [1.82, 2.24) is 5.32 Å². The van der Waals surface area contributed by atoms with E-state index >= 15 is 0 Å². The second kappa shape index (κ2) is 8.22. The quantitative estimate of drug-likeness (QED) is 0.497. The van der Waals surface area contributed by atoms with E-state index in [1.54, 1.807) is 25.5 Å². The summed E-state index contributed by atoms with van der Waals surface area (Å²) in [5, 5.41) is 12.2. The molecule has 0 fully saturated rings. The van der Waals surface area contributed by atoms with Gasteiger partial charge >= 0.3 is 0 Å². The molecule has 7 heteroatoms. The minimum atomic E-state index is -0.236. The van der Waals surface area contributed by atoms with E-state index in [2.05, 4.69) is 5.32 Å². The van der Waals surface area contributed by atoms with E-state index in [1.807, 2.05) is 17.5 Å². The van der Waals surface area contributed by atoms with Crippen molar-refractivity contribution < 1.29 is 9.53 Å². The van der Waals surface area contributed by atoms with Gasteiger partial charge in [0.2, 0.25) is 0 Å². The monoisotopic (exact) mass is 344 g/mol. The topological polar surface area (TPSA) is 62.2 Å². The number of hydrogen-bond donors (Lipinski definition) is 2. The van der Waals surface area contributed by atoms with Crippen LogP contribution >= 0.6 is 23.1 Å². The normalized spacial score (nSPS) is 10.3. The van der Waals surface area contributed by atoms with Crippen LogP contribution < -0.4 is 15.5 Å². The third kappa shape index (κ3) is 4.62. The van der Waals surface area contributed by atoms with E-state index < -0.39 is 0 Å². The fraction of sp³-hybridized carbons (Fsp3) is 0.250. The molecule has 2 N–H and O–H groups in total. The van der Waals surface area contributed by atoms with Crippen LogP contribution in [0.25, 0.3) is 0 Å². The molecule has 0 atom stereocenters. The summed E-state index contributed by atoms with van der Waals surface area (Å²) in [5.41, 5.74) is 2.33. The van der Waals surface area contributed by atoms with Crippen LogP contribution in [0, 0.1) is 5.41 Å². The van der Waals surface area contributed by atoms with E-state index in [0.29, 0.717) is 17.4 Å². The molecular formula is C16H17BN2O2S2. The molecule has 2 aromatic rings. The maximum atomic E-state index is 12.2. The zero-order valence-electron chi connectivity index (χ0n) is 13.0. The van der Waals surface area contributed by atoms with Crippen molar-refractivity contribution in [2.45, 2.75) is 12.8 Å². The van der Waals surface area contributed by atoms with Crippen LogP contribution in [0.2, 0.25) is 0 Å². The molecule has 0 saturated heterocycles. The van der Waals surface area contributed by atoms with Crippen molar-refractivity contribution in [1.29, 1.82) is 5.41 Å². The smallest absolute Gasteiger partial charge is 0.258 e. The lowest BCUT2D eigenvalue weighted by Crippen LogP contribution is -2.27. The Balaban J connectivity index is 2.11. The molecule has 0 aliphatic rings. The van der Waals surface area contributed by atoms with Gasteiger partial charge in [0.1, 0.15) is 13.6 Å². The van der Waals surface area contributed by atoms with Gasteiger partial charge in [-0.25, -0.2) is 0 Å². The minimum absolute atomic E-state index is 0.143. The zero-order chi connectivity index (χ0) is 16.8. The molecule has 1 aromatic carbocycles. The van der Waals surface area contributed by atoms with Gasteiger partial charge in [-0.1, -0.05) is 29.4 Å². The zero-order valence-corrected chi connectivity index (χ0v) is 14.6. The Morgan fingerprint density at radius 3 is 2.87 bits per heavy atom. The van der Waals surface area contributed by atoms with Crippen molar-refractivity contribution in [3.05, 3.63) is 45.6 Å². The number of aryl methyl sites for hydroxylation is 2. The van der Waals surface area contributed by atoms with Crippen LogP contribution in [0.4, 0.5) is 0 Å². The van der Waals surface area contributed by atoms with Gasteiger partial charge in [0.25, 0.3) is 5.91 Å². The molecule has 0 aliphatic carbocycles. The highest BCUT2D eigenvalue weighted by atomic mass is 32.2. The summed E-state index contributed by atoms with van der Waals surface area (Å²) in [6, 6.07) is 7.35. The van der Waals surface area contributed by atoms with Crippen LogP contribution in [0.3, 0.4) is 0 Å². The molecule has 0 unspecified atom stereocenters. The van der Waals surface area contributed by atoms with Gasteiger partial charge in [0.15, 0.2) is 5.17 Å². The summed E-state index contributed by atoms with van der Waals surface area (Å²) < 4.78 is 5.35. The fourth-order valence-electron chi connectivity index (χ4n) is 2.20. The van der Waals surface area contributed by atoms with E-state index in [9.17, 15) is 4.79 Å². The molecule has 2 rings (SSSR count). The summed E-state index contributed by atoms with van der Waals surface area (Å²) in [7, 11) is 7.47. The van der Waals surface area contributed by atoms with Gasteiger partial charge < -0.3 is 10.1 Å². The lowest BCUT2D eigenvalue weighted by atomic mass is 9.92. The fourth-order valence-corrected chi connectivity index (χ4v) is 3.27. The third-order valence-corrected chi connectivity index (χ3v) is 4.84. The molecule has 23 heavy (non-hydrogen) atoms. The number of nitrogens with one attached hydrogen (secondary N) is 2. The summed E-state index contributed by atoms with van der Waals surface area (Å²) in [6.45, 7) is 0. The first-order valence-electron chi connectivity index (χ1n) is 6.97. The second-order valence-electron chi connectivity index (χ2n) is 4.82. The van der Waals surface area contributed by atoms with Gasteiger partial charge in [0, 0.05) is 4.88 Å². The third-order valence-electron chi connectivity index (χ3n) is 3.35. The predicted octanol–water partition coefficient (Wildman–Crippen LogP) is 2.36. The molecule has 1 heterocycles. The Morgan fingerprint density at radius 1 is 1.39 bits per heavy atom. The maximum Gasteiger partial charge on any atom is 0.258 e. The van der Waals surface area contributed by atoms with Crippen molar-refractivity contribution in [2.24, 2.45) is 0 Å². The van der Waals surface area contributed by atoms with Gasteiger partial charge in [-0.15, -0.1) is 11.3 Å². The molecule has 2 radical (unpaired) electrons. The molecular weight excluding hydrogens is 327 g/mol. The maximum absolute atomic E-state index is 12.2. The Morgan fingerprint density at radius 2 is 2.17 bits per heavy atom. The molecule has 0 bridgehead atoms. The molecule has 0 aliphatic heterocycles. The summed E-state index contributed by atoms with van der Waals surface area (Å²) >= 11 is 2.74. The van der Waals surface area contributed by atoms with Crippen molar-refractivity contribution in [2.75, 3.05) is 13.4 Å². The number of ether oxygens (including phenoxy) is 1. The highest BCUT2D eigenvalue weighted by Gasteiger charge is 2.14. The highest BCUT2D eigenvalue weighted by Crippen LogP contribution is 2.23. The Kier molecular flexibility index (Phi) is 6.30. The molecule has 4 nitrogen and oxygen atoms in total. The van der Waals surface area contributed by atoms with Crippen LogP contribution in [0.15, 0.2) is 29.6 Å². The number of benzene rings is 1. The van der Waals surface area contributed by atoms with Gasteiger partial charge in [0.05, 0.1) is 12.7 Å². The average Bonchev–Trinajstić information content (AvgIpc) is 3.01. The lowest BCUT2D eigenvalue weighted by molar-refractivity contribution is 0.0977. The van der Waals surface area contributed by atoms with Crippen LogP contribution in [0.1, 0.15) is 20.8 Å². The van der Waals surface area contributed by atoms with Crippen molar-refractivity contribution in [3.63, 3.8) is 0 Å². The molecule has 0 spiro atoms. The summed E-state index contributed by atoms with van der Waals surface area (Å²) in [5.74, 6) is 0.561. The number of carbonyl (C=O) groups is 1. The highest BCUT2D eigenvalue weighted by molar-refractivity contribution is 8.13. The molecule has 1 aromatic heterocycles. The van der Waals surface area contributed by atoms with Crippen LogP contribution in [-0.2, 0) is 12.8 Å². The van der Waals surface area contributed by atoms with Crippen LogP contribution in [0.5, 0.6) is 5.75 Å². The largest absolute Gasteiger partial charge is 0.496 e. The first-order valence-corrected chi connectivity index (χ1v) is 9.08. The van der Waals surface area contributed by atoms with Crippen molar-refractivity contribution >= 4 is 47.5 Å². The lowest BCUT2D eigenvalue weighted by Gasteiger charge is -2.10. The first-order chi connectivity index (χ1) is 11.0. The summed E-state index contributed by atoms with van der Waals surface area (Å²) in [6.07, 6.45) is 3.20. The number of rotatable bonds is 5. The number of methoxy groups -OCH3 is 1. The molecule has 1 amide bonds. The molecule has 0 saturated carbocycles. The average molecular weight is 344 g/mol. The Labute approximate surface area is 145 Å².